The van der Waals surface area contributed by atoms with Crippen molar-refractivity contribution in [2.75, 3.05) is 13.1 Å². The highest BCUT2D eigenvalue weighted by molar-refractivity contribution is 9.10. The number of halogens is 1. The molecule has 2 unspecified atom stereocenters. The van der Waals surface area contributed by atoms with Gasteiger partial charge in [0.1, 0.15) is 0 Å². The number of nitrogens with one attached hydrogen (secondary N) is 1. The lowest BCUT2D eigenvalue weighted by molar-refractivity contribution is -0.0103. The second-order valence-corrected chi connectivity index (χ2v) is 6.00. The average Bonchev–Trinajstić information content (AvgIpc) is 2.29. The summed E-state index contributed by atoms with van der Waals surface area (Å²) in [4.78, 5) is 4.14. The van der Waals surface area contributed by atoms with Crippen LogP contribution in [0.4, 0.5) is 0 Å². The van der Waals surface area contributed by atoms with Gasteiger partial charge in [-0.05, 0) is 53.9 Å². The first-order valence-electron chi connectivity index (χ1n) is 6.10. The van der Waals surface area contributed by atoms with Crippen LogP contribution in [0.5, 0.6) is 0 Å². The standard InChI is InChI=1S/C13H19BrN2O/c1-13(17,11-3-2-4-15-8-11)6-10-5-12(14)9-16-7-10/h5,7,9,11,15,17H,2-4,6,8H2,1H3. The third-order valence-corrected chi connectivity index (χ3v) is 3.93. The Hall–Kier alpha value is -0.450. The maximum Gasteiger partial charge on any atom is 0.0700 e. The Morgan fingerprint density at radius 2 is 2.41 bits per heavy atom. The highest BCUT2D eigenvalue weighted by Crippen LogP contribution is 2.27. The fourth-order valence-electron chi connectivity index (χ4n) is 2.49. The normalized spacial score (nSPS) is 24.3. The number of rotatable bonds is 3. The molecule has 0 spiro atoms. The lowest BCUT2D eigenvalue weighted by atomic mass is 9.80. The zero-order valence-electron chi connectivity index (χ0n) is 10.1. The van der Waals surface area contributed by atoms with Crippen LogP contribution in [0.25, 0.3) is 0 Å². The number of hydrogen-bond acceptors (Lipinski definition) is 3. The van der Waals surface area contributed by atoms with Crippen LogP contribution in [0.2, 0.25) is 0 Å². The third kappa shape index (κ3) is 3.50. The monoisotopic (exact) mass is 298 g/mol. The summed E-state index contributed by atoms with van der Waals surface area (Å²) < 4.78 is 0.965. The average molecular weight is 299 g/mol. The Labute approximate surface area is 111 Å². The fraction of sp³-hybridized carbons (Fsp3) is 0.615. The summed E-state index contributed by atoms with van der Waals surface area (Å²) in [7, 11) is 0. The number of nitrogens with zero attached hydrogens (tertiary/aromatic N) is 1. The van der Waals surface area contributed by atoms with Gasteiger partial charge >= 0.3 is 0 Å². The minimum Gasteiger partial charge on any atom is -0.389 e. The molecule has 2 N–H and O–H groups in total. The van der Waals surface area contributed by atoms with Crippen LogP contribution >= 0.6 is 15.9 Å². The van der Waals surface area contributed by atoms with Crippen molar-refractivity contribution in [2.24, 2.45) is 5.92 Å². The molecule has 0 aliphatic carbocycles. The molecule has 1 aliphatic rings. The van der Waals surface area contributed by atoms with Gasteiger partial charge in [-0.2, -0.15) is 0 Å². The molecule has 0 saturated carbocycles. The maximum atomic E-state index is 10.6. The number of hydrogen-bond donors (Lipinski definition) is 2. The molecule has 94 valence electrons. The lowest BCUT2D eigenvalue weighted by Gasteiger charge is -2.36. The Bertz CT molecular complexity index is 375. The Morgan fingerprint density at radius 3 is 3.06 bits per heavy atom. The first-order valence-corrected chi connectivity index (χ1v) is 6.90. The van der Waals surface area contributed by atoms with E-state index in [4.69, 9.17) is 0 Å². The van der Waals surface area contributed by atoms with Crippen molar-refractivity contribution < 1.29 is 5.11 Å². The molecule has 3 nitrogen and oxygen atoms in total. The summed E-state index contributed by atoms with van der Waals surface area (Å²) >= 11 is 3.41. The maximum absolute atomic E-state index is 10.6. The molecular weight excluding hydrogens is 280 g/mol. The minimum atomic E-state index is -0.657. The summed E-state index contributed by atoms with van der Waals surface area (Å²) in [6, 6.07) is 2.03. The minimum absolute atomic E-state index is 0.329. The van der Waals surface area contributed by atoms with Gasteiger partial charge in [-0.1, -0.05) is 0 Å². The molecule has 2 atom stereocenters. The van der Waals surface area contributed by atoms with E-state index in [1.807, 2.05) is 19.2 Å². The van der Waals surface area contributed by atoms with Gasteiger partial charge in [-0.15, -0.1) is 0 Å². The van der Waals surface area contributed by atoms with E-state index in [1.54, 1.807) is 6.20 Å². The van der Waals surface area contributed by atoms with Crippen molar-refractivity contribution in [3.63, 3.8) is 0 Å². The van der Waals surface area contributed by atoms with E-state index in [9.17, 15) is 5.11 Å². The summed E-state index contributed by atoms with van der Waals surface area (Å²) in [5.41, 5.74) is 0.422. The van der Waals surface area contributed by atoms with Gasteiger partial charge in [0.15, 0.2) is 0 Å². The molecule has 1 aliphatic heterocycles. The van der Waals surface area contributed by atoms with E-state index in [2.05, 4.69) is 26.2 Å². The Balaban J connectivity index is 2.05. The molecule has 2 heterocycles. The number of piperidine rings is 1. The molecule has 1 aromatic rings. The summed E-state index contributed by atoms with van der Waals surface area (Å²) in [5.74, 6) is 0.329. The van der Waals surface area contributed by atoms with Gasteiger partial charge in [0.2, 0.25) is 0 Å². The van der Waals surface area contributed by atoms with Gasteiger partial charge in [0.25, 0.3) is 0 Å². The summed E-state index contributed by atoms with van der Waals surface area (Å²) in [6.07, 6.45) is 6.50. The van der Waals surface area contributed by atoms with Crippen molar-refractivity contribution in [3.05, 3.63) is 28.5 Å². The van der Waals surface area contributed by atoms with Gasteiger partial charge in [0, 0.05) is 35.7 Å². The number of aliphatic hydroxyl groups is 1. The van der Waals surface area contributed by atoms with Crippen LogP contribution < -0.4 is 5.32 Å². The molecule has 2 rings (SSSR count). The lowest BCUT2D eigenvalue weighted by Crippen LogP contribution is -2.45. The third-order valence-electron chi connectivity index (χ3n) is 3.50. The second-order valence-electron chi connectivity index (χ2n) is 5.09. The molecule has 1 saturated heterocycles. The topological polar surface area (TPSA) is 45.2 Å². The van der Waals surface area contributed by atoms with Crippen molar-refractivity contribution in [2.45, 2.75) is 31.8 Å². The number of aromatic nitrogens is 1. The predicted molar refractivity (Wildman–Crippen MR) is 71.9 cm³/mol. The quantitative estimate of drug-likeness (QED) is 0.899. The van der Waals surface area contributed by atoms with Crippen molar-refractivity contribution in [1.29, 1.82) is 0 Å². The van der Waals surface area contributed by atoms with Crippen LogP contribution in [-0.4, -0.2) is 28.8 Å². The molecule has 4 heteroatoms. The zero-order valence-corrected chi connectivity index (χ0v) is 11.7. The summed E-state index contributed by atoms with van der Waals surface area (Å²) in [6.45, 7) is 3.92. The van der Waals surface area contributed by atoms with E-state index >= 15 is 0 Å². The molecule has 0 amide bonds. The molecule has 17 heavy (non-hydrogen) atoms. The van der Waals surface area contributed by atoms with Crippen LogP contribution in [0, 0.1) is 5.92 Å². The van der Waals surface area contributed by atoms with Gasteiger partial charge in [-0.25, -0.2) is 0 Å². The van der Waals surface area contributed by atoms with E-state index in [0.717, 1.165) is 36.0 Å². The van der Waals surface area contributed by atoms with E-state index < -0.39 is 5.60 Å². The van der Waals surface area contributed by atoms with E-state index in [1.165, 1.54) is 0 Å². The van der Waals surface area contributed by atoms with Crippen molar-refractivity contribution >= 4 is 15.9 Å². The second kappa shape index (κ2) is 5.46. The first-order chi connectivity index (χ1) is 8.08. The SMILES string of the molecule is CC(O)(Cc1cncc(Br)c1)C1CCCNC1. The van der Waals surface area contributed by atoms with Crippen LogP contribution in [0.1, 0.15) is 25.3 Å². The van der Waals surface area contributed by atoms with Gasteiger partial charge < -0.3 is 10.4 Å². The van der Waals surface area contributed by atoms with E-state index in [-0.39, 0.29) is 0 Å². The van der Waals surface area contributed by atoms with Crippen molar-refractivity contribution in [3.8, 4) is 0 Å². The Kier molecular flexibility index (Phi) is 4.17. The molecule has 0 radical (unpaired) electrons. The smallest absolute Gasteiger partial charge is 0.0700 e. The molecule has 0 bridgehead atoms. The van der Waals surface area contributed by atoms with Crippen molar-refractivity contribution in [1.82, 2.24) is 10.3 Å². The van der Waals surface area contributed by atoms with Gasteiger partial charge in [0.05, 0.1) is 5.60 Å². The van der Waals surface area contributed by atoms with Crippen LogP contribution in [0.3, 0.4) is 0 Å². The number of pyridine rings is 1. The van der Waals surface area contributed by atoms with E-state index in [0.29, 0.717) is 12.3 Å². The van der Waals surface area contributed by atoms with Gasteiger partial charge in [-0.3, -0.25) is 4.98 Å². The highest BCUT2D eigenvalue weighted by atomic mass is 79.9. The Morgan fingerprint density at radius 1 is 1.59 bits per heavy atom. The largest absolute Gasteiger partial charge is 0.389 e. The molecule has 1 fully saturated rings. The molecule has 0 aromatic carbocycles. The van der Waals surface area contributed by atoms with Crippen LogP contribution in [-0.2, 0) is 6.42 Å². The molecular formula is C13H19BrN2O. The van der Waals surface area contributed by atoms with Crippen LogP contribution in [0.15, 0.2) is 22.9 Å². The fourth-order valence-corrected chi connectivity index (χ4v) is 2.91. The first kappa shape index (κ1) is 13.0. The molecule has 1 aromatic heterocycles. The zero-order chi connectivity index (χ0) is 12.3. The predicted octanol–water partition coefficient (Wildman–Crippen LogP) is 2.14. The summed E-state index contributed by atoms with van der Waals surface area (Å²) in [5, 5.41) is 14.0. The highest BCUT2D eigenvalue weighted by Gasteiger charge is 2.32.